The van der Waals surface area contributed by atoms with Crippen LogP contribution in [-0.4, -0.2) is 14.5 Å². The van der Waals surface area contributed by atoms with Gasteiger partial charge >= 0.3 is 0 Å². The highest BCUT2D eigenvalue weighted by atomic mass is 32.2. The van der Waals surface area contributed by atoms with Crippen LogP contribution in [0.2, 0.25) is 0 Å². The van der Waals surface area contributed by atoms with E-state index in [1.165, 1.54) is 11.3 Å². The molecule has 0 atom stereocenters. The zero-order valence-corrected chi connectivity index (χ0v) is 10.2. The molecule has 5 heteroatoms. The number of aryl methyl sites for hydroxylation is 1. The van der Waals surface area contributed by atoms with Gasteiger partial charge in [0.05, 0.1) is 5.75 Å². The van der Waals surface area contributed by atoms with Gasteiger partial charge in [-0.1, -0.05) is 0 Å². The summed E-state index contributed by atoms with van der Waals surface area (Å²) in [6, 6.07) is -0.0426. The second-order valence-corrected chi connectivity index (χ2v) is 6.11. The van der Waals surface area contributed by atoms with Crippen molar-refractivity contribution in [2.75, 3.05) is 0 Å². The fraction of sp³-hybridized carbons (Fsp3) is 0.556. The lowest BCUT2D eigenvalue weighted by molar-refractivity contribution is 0.569. The predicted octanol–water partition coefficient (Wildman–Crippen LogP) is 1.88. The van der Waals surface area contributed by atoms with Crippen molar-refractivity contribution >= 4 is 21.4 Å². The van der Waals surface area contributed by atoms with Crippen LogP contribution in [0.4, 0.5) is 0 Å². The molecule has 1 aromatic heterocycles. The van der Waals surface area contributed by atoms with Gasteiger partial charge in [-0.15, -0.1) is 0 Å². The first kappa shape index (κ1) is 11.7. The fourth-order valence-corrected chi connectivity index (χ4v) is 3.62. The second-order valence-electron chi connectivity index (χ2n) is 3.61. The summed E-state index contributed by atoms with van der Waals surface area (Å²) in [6.07, 6.45) is 0. The lowest BCUT2D eigenvalue weighted by Gasteiger charge is -2.08. The minimum atomic E-state index is -3.17. The molecule has 1 N–H and O–H groups in total. The minimum Gasteiger partial charge on any atom is -0.212 e. The Bertz CT molecular complexity index is 393. The molecular weight excluding hydrogens is 218 g/mol. The normalized spacial score (nSPS) is 12.3. The third kappa shape index (κ3) is 3.40. The molecule has 0 aliphatic heterocycles. The van der Waals surface area contributed by atoms with Crippen LogP contribution >= 0.6 is 11.3 Å². The van der Waals surface area contributed by atoms with Crippen LogP contribution in [-0.2, 0) is 15.8 Å². The molecule has 0 fully saturated rings. The molecule has 0 aliphatic carbocycles. The Morgan fingerprint density at radius 3 is 2.50 bits per heavy atom. The Labute approximate surface area is 89.2 Å². The van der Waals surface area contributed by atoms with Gasteiger partial charge in [-0.2, -0.15) is 11.3 Å². The maximum Gasteiger partial charge on any atom is 0.216 e. The zero-order valence-electron chi connectivity index (χ0n) is 8.57. The van der Waals surface area contributed by atoms with E-state index in [1.54, 1.807) is 0 Å². The molecule has 0 aromatic carbocycles. The van der Waals surface area contributed by atoms with Gasteiger partial charge in [-0.25, -0.2) is 13.1 Å². The molecule has 1 heterocycles. The van der Waals surface area contributed by atoms with Gasteiger partial charge < -0.3 is 0 Å². The van der Waals surface area contributed by atoms with E-state index in [0.29, 0.717) is 0 Å². The summed E-state index contributed by atoms with van der Waals surface area (Å²) in [7, 11) is -3.17. The predicted molar refractivity (Wildman–Crippen MR) is 60.0 cm³/mol. The zero-order chi connectivity index (χ0) is 10.8. The standard InChI is InChI=1S/C9H15NO2S2/c1-7(2)10-14(11,12)6-9-5-13-4-8(9)3/h4-5,7,10H,6H2,1-3H3. The molecule has 0 unspecified atom stereocenters. The highest BCUT2D eigenvalue weighted by molar-refractivity contribution is 7.88. The summed E-state index contributed by atoms with van der Waals surface area (Å²) in [5.74, 6) is 0.0838. The van der Waals surface area contributed by atoms with Gasteiger partial charge in [0.15, 0.2) is 0 Å². The Balaban J connectivity index is 2.74. The van der Waals surface area contributed by atoms with Gasteiger partial charge in [0, 0.05) is 6.04 Å². The van der Waals surface area contributed by atoms with Gasteiger partial charge in [0.1, 0.15) is 0 Å². The summed E-state index contributed by atoms with van der Waals surface area (Å²) in [5, 5.41) is 3.84. The van der Waals surface area contributed by atoms with E-state index in [-0.39, 0.29) is 11.8 Å². The number of sulfonamides is 1. The van der Waals surface area contributed by atoms with Crippen molar-refractivity contribution in [1.82, 2.24) is 4.72 Å². The minimum absolute atomic E-state index is 0.0426. The highest BCUT2D eigenvalue weighted by Crippen LogP contribution is 2.16. The van der Waals surface area contributed by atoms with Crippen LogP contribution in [0.3, 0.4) is 0 Å². The molecule has 0 bridgehead atoms. The van der Waals surface area contributed by atoms with E-state index in [9.17, 15) is 8.42 Å². The van der Waals surface area contributed by atoms with Crippen molar-refractivity contribution in [3.63, 3.8) is 0 Å². The Morgan fingerprint density at radius 1 is 1.43 bits per heavy atom. The summed E-state index contributed by atoms with van der Waals surface area (Å²) in [4.78, 5) is 0. The van der Waals surface area contributed by atoms with Crippen molar-refractivity contribution in [2.24, 2.45) is 0 Å². The van der Waals surface area contributed by atoms with Crippen molar-refractivity contribution < 1.29 is 8.42 Å². The van der Waals surface area contributed by atoms with E-state index in [0.717, 1.165) is 11.1 Å². The first-order chi connectivity index (χ1) is 6.41. The van der Waals surface area contributed by atoms with Crippen LogP contribution < -0.4 is 4.72 Å². The Kier molecular flexibility index (Phi) is 3.69. The lowest BCUT2D eigenvalue weighted by Crippen LogP contribution is -2.31. The largest absolute Gasteiger partial charge is 0.216 e. The first-order valence-corrected chi connectivity index (χ1v) is 7.02. The van der Waals surface area contributed by atoms with Crippen LogP contribution in [0.5, 0.6) is 0 Å². The molecule has 0 radical (unpaired) electrons. The molecule has 1 aromatic rings. The van der Waals surface area contributed by atoms with Gasteiger partial charge in [-0.3, -0.25) is 0 Å². The lowest BCUT2D eigenvalue weighted by atomic mass is 10.2. The molecule has 3 nitrogen and oxygen atoms in total. The molecule has 0 aliphatic rings. The molecule has 0 spiro atoms. The summed E-state index contributed by atoms with van der Waals surface area (Å²) < 4.78 is 25.7. The maximum absolute atomic E-state index is 11.6. The highest BCUT2D eigenvalue weighted by Gasteiger charge is 2.14. The van der Waals surface area contributed by atoms with Crippen LogP contribution in [0, 0.1) is 6.92 Å². The topological polar surface area (TPSA) is 46.2 Å². The van der Waals surface area contributed by atoms with Gasteiger partial charge in [-0.05, 0) is 42.7 Å². The van der Waals surface area contributed by atoms with Gasteiger partial charge in [0.2, 0.25) is 10.0 Å². The van der Waals surface area contributed by atoms with Gasteiger partial charge in [0.25, 0.3) is 0 Å². The van der Waals surface area contributed by atoms with Crippen LogP contribution in [0.25, 0.3) is 0 Å². The molecule has 14 heavy (non-hydrogen) atoms. The summed E-state index contributed by atoms with van der Waals surface area (Å²) in [5.41, 5.74) is 1.94. The maximum atomic E-state index is 11.6. The second kappa shape index (κ2) is 4.42. The van der Waals surface area contributed by atoms with E-state index >= 15 is 0 Å². The van der Waals surface area contributed by atoms with Crippen LogP contribution in [0.15, 0.2) is 10.8 Å². The first-order valence-electron chi connectivity index (χ1n) is 4.42. The molecule has 0 saturated heterocycles. The van der Waals surface area contributed by atoms with E-state index < -0.39 is 10.0 Å². The Hall–Kier alpha value is -0.390. The van der Waals surface area contributed by atoms with Crippen LogP contribution in [0.1, 0.15) is 25.0 Å². The fourth-order valence-electron chi connectivity index (χ4n) is 1.14. The van der Waals surface area contributed by atoms with E-state index in [1.807, 2.05) is 31.5 Å². The summed E-state index contributed by atoms with van der Waals surface area (Å²) >= 11 is 1.53. The number of rotatable bonds is 4. The van der Waals surface area contributed by atoms with Crippen molar-refractivity contribution in [1.29, 1.82) is 0 Å². The number of thiophene rings is 1. The summed E-state index contributed by atoms with van der Waals surface area (Å²) in [6.45, 7) is 5.56. The van der Waals surface area contributed by atoms with Crippen molar-refractivity contribution in [3.8, 4) is 0 Å². The quantitative estimate of drug-likeness (QED) is 0.863. The van der Waals surface area contributed by atoms with E-state index in [2.05, 4.69) is 4.72 Å². The third-order valence-corrected chi connectivity index (χ3v) is 4.15. The van der Waals surface area contributed by atoms with Crippen molar-refractivity contribution in [3.05, 3.63) is 21.9 Å². The average Bonchev–Trinajstić information content (AvgIpc) is 2.32. The molecule has 1 rings (SSSR count). The number of hydrogen-bond donors (Lipinski definition) is 1. The Morgan fingerprint density at radius 2 is 2.07 bits per heavy atom. The number of nitrogens with one attached hydrogen (secondary N) is 1. The molecule has 80 valence electrons. The van der Waals surface area contributed by atoms with Crippen molar-refractivity contribution in [2.45, 2.75) is 32.6 Å². The third-order valence-electron chi connectivity index (χ3n) is 1.72. The SMILES string of the molecule is Cc1cscc1CS(=O)(=O)NC(C)C. The molecule has 0 amide bonds. The average molecular weight is 233 g/mol. The number of hydrogen-bond acceptors (Lipinski definition) is 3. The monoisotopic (exact) mass is 233 g/mol. The molecule has 0 saturated carbocycles. The molecular formula is C9H15NO2S2. The smallest absolute Gasteiger partial charge is 0.212 e. The van der Waals surface area contributed by atoms with E-state index in [4.69, 9.17) is 0 Å².